The van der Waals surface area contributed by atoms with E-state index < -0.39 is 11.3 Å². The van der Waals surface area contributed by atoms with Gasteiger partial charge in [-0.25, -0.2) is 9.11 Å². The third-order valence-electron chi connectivity index (χ3n) is 6.42. The molecule has 7 heteroatoms. The summed E-state index contributed by atoms with van der Waals surface area (Å²) in [5.41, 5.74) is 1.09. The minimum atomic E-state index is -2.13. The Morgan fingerprint density at radius 1 is 1.14 bits per heavy atom. The van der Waals surface area contributed by atoms with Crippen LogP contribution in [-0.4, -0.2) is 39.3 Å². The summed E-state index contributed by atoms with van der Waals surface area (Å²) in [6.45, 7) is 3.45. The van der Waals surface area contributed by atoms with Gasteiger partial charge in [-0.3, -0.25) is 4.21 Å². The molecule has 1 aliphatic carbocycles. The number of nitrogens with one attached hydrogen (secondary N) is 1. The Morgan fingerprint density at radius 3 is 2.54 bits per heavy atom. The Kier molecular flexibility index (Phi) is 8.91. The van der Waals surface area contributed by atoms with Gasteiger partial charge in [0.2, 0.25) is 0 Å². The maximum Gasteiger partial charge on any atom is 0.123 e. The maximum absolute atomic E-state index is 13.5. The van der Waals surface area contributed by atoms with Crippen molar-refractivity contribution in [2.45, 2.75) is 63.8 Å². The average Bonchev–Trinajstić information content (AvgIpc) is 2.67. The molecule has 2 aliphatic rings. The Hall–Kier alpha value is -0.340. The highest BCUT2D eigenvalue weighted by atomic mass is 79.9. The van der Waals surface area contributed by atoms with Crippen molar-refractivity contribution in [2.75, 3.05) is 19.6 Å². The van der Waals surface area contributed by atoms with Crippen molar-refractivity contribution < 1.29 is 13.2 Å². The first-order valence-electron chi connectivity index (χ1n) is 10.5. The molecule has 28 heavy (non-hydrogen) atoms. The van der Waals surface area contributed by atoms with E-state index >= 15 is 0 Å². The number of halogens is 2. The van der Waals surface area contributed by atoms with Gasteiger partial charge in [0, 0.05) is 21.8 Å². The lowest BCUT2D eigenvalue weighted by atomic mass is 9.83. The standard InChI is InChI=1S/C21H32BrFN2O2S/c22-21-8-5-19(23)15-18(21)14-17-9-12-25(13-10-17)11-1-2-16-3-6-20(7-4-16)24-28(26)27/h5,8,15-17,20,24H,1-4,6-7,9-14H2,(H,26,27)/p-1. The Balaban J connectivity index is 1.30. The zero-order chi connectivity index (χ0) is 19.9. The van der Waals surface area contributed by atoms with Crippen LogP contribution < -0.4 is 4.72 Å². The highest BCUT2D eigenvalue weighted by molar-refractivity contribution is 9.10. The topological polar surface area (TPSA) is 55.4 Å². The molecule has 0 amide bonds. The van der Waals surface area contributed by atoms with Gasteiger partial charge in [-0.05, 0) is 113 Å². The Bertz CT molecular complexity index is 647. The van der Waals surface area contributed by atoms with Gasteiger partial charge in [0.1, 0.15) is 5.82 Å². The minimum absolute atomic E-state index is 0.145. The van der Waals surface area contributed by atoms with Gasteiger partial charge >= 0.3 is 0 Å². The van der Waals surface area contributed by atoms with Crippen LogP contribution in [0.1, 0.15) is 56.9 Å². The summed E-state index contributed by atoms with van der Waals surface area (Å²) in [6, 6.07) is 5.12. The average molecular weight is 474 g/mol. The smallest absolute Gasteiger partial charge is 0.123 e. The van der Waals surface area contributed by atoms with E-state index in [0.717, 1.165) is 61.1 Å². The maximum atomic E-state index is 13.5. The molecule has 1 aromatic rings. The number of benzene rings is 1. The van der Waals surface area contributed by atoms with E-state index in [-0.39, 0.29) is 11.9 Å². The molecular formula is C21H31BrFN2O2S-. The van der Waals surface area contributed by atoms with E-state index in [1.165, 1.54) is 38.3 Å². The van der Waals surface area contributed by atoms with E-state index in [4.69, 9.17) is 0 Å². The molecule has 1 saturated carbocycles. The summed E-state index contributed by atoms with van der Waals surface area (Å²) >= 11 is 1.41. The van der Waals surface area contributed by atoms with Crippen LogP contribution in [0.25, 0.3) is 0 Å². The third kappa shape index (κ3) is 7.17. The second-order valence-corrected chi connectivity index (χ2v) is 10.00. The molecule has 1 N–H and O–H groups in total. The molecule has 4 nitrogen and oxygen atoms in total. The molecule has 158 valence electrons. The van der Waals surface area contributed by atoms with Crippen LogP contribution in [0.3, 0.4) is 0 Å². The van der Waals surface area contributed by atoms with Crippen molar-refractivity contribution in [3.05, 3.63) is 34.1 Å². The predicted molar refractivity (Wildman–Crippen MR) is 114 cm³/mol. The molecule has 0 bridgehead atoms. The second-order valence-electron chi connectivity index (χ2n) is 8.44. The third-order valence-corrected chi connectivity index (χ3v) is 7.72. The van der Waals surface area contributed by atoms with Crippen LogP contribution in [0.5, 0.6) is 0 Å². The summed E-state index contributed by atoms with van der Waals surface area (Å²) in [5.74, 6) is 1.24. The van der Waals surface area contributed by atoms with Gasteiger partial charge in [0.25, 0.3) is 0 Å². The molecule has 2 fully saturated rings. The van der Waals surface area contributed by atoms with Crippen LogP contribution in [0.15, 0.2) is 22.7 Å². The van der Waals surface area contributed by atoms with Gasteiger partial charge in [0.15, 0.2) is 0 Å². The number of piperidine rings is 1. The van der Waals surface area contributed by atoms with E-state index in [2.05, 4.69) is 25.6 Å². The number of hydrogen-bond donors (Lipinski definition) is 1. The van der Waals surface area contributed by atoms with Crippen LogP contribution in [0.2, 0.25) is 0 Å². The lowest BCUT2D eigenvalue weighted by Crippen LogP contribution is -2.36. The van der Waals surface area contributed by atoms with Gasteiger partial charge in [-0.2, -0.15) is 0 Å². The van der Waals surface area contributed by atoms with E-state index in [1.54, 1.807) is 6.07 Å². The number of rotatable bonds is 8. The first-order chi connectivity index (χ1) is 13.5. The van der Waals surface area contributed by atoms with Crippen molar-refractivity contribution in [3.63, 3.8) is 0 Å². The van der Waals surface area contributed by atoms with Crippen LogP contribution in [0, 0.1) is 17.7 Å². The summed E-state index contributed by atoms with van der Waals surface area (Å²) < 4.78 is 38.5. The largest absolute Gasteiger partial charge is 0.760 e. The summed E-state index contributed by atoms with van der Waals surface area (Å²) in [4.78, 5) is 2.57. The number of likely N-dealkylation sites (tertiary alicyclic amines) is 1. The zero-order valence-electron chi connectivity index (χ0n) is 16.4. The van der Waals surface area contributed by atoms with Crippen LogP contribution >= 0.6 is 15.9 Å². The monoisotopic (exact) mass is 473 g/mol. The first-order valence-corrected chi connectivity index (χ1v) is 12.4. The van der Waals surface area contributed by atoms with Gasteiger partial charge in [-0.15, -0.1) is 0 Å². The van der Waals surface area contributed by atoms with Gasteiger partial charge < -0.3 is 9.45 Å². The molecule has 1 saturated heterocycles. The quantitative estimate of drug-likeness (QED) is 0.562. The fourth-order valence-corrected chi connectivity index (χ4v) is 5.65. The molecule has 0 radical (unpaired) electrons. The number of hydrogen-bond acceptors (Lipinski definition) is 3. The molecular weight excluding hydrogens is 443 g/mol. The summed E-state index contributed by atoms with van der Waals surface area (Å²) in [7, 11) is 0. The van der Waals surface area contributed by atoms with Crippen LogP contribution in [0.4, 0.5) is 4.39 Å². The van der Waals surface area contributed by atoms with Gasteiger partial charge in [0.05, 0.1) is 0 Å². The van der Waals surface area contributed by atoms with E-state index in [9.17, 15) is 13.2 Å². The van der Waals surface area contributed by atoms with Crippen LogP contribution in [-0.2, 0) is 17.7 Å². The number of nitrogens with zero attached hydrogens (tertiary/aromatic N) is 1. The van der Waals surface area contributed by atoms with Crippen molar-refractivity contribution in [2.24, 2.45) is 11.8 Å². The molecule has 3 rings (SSSR count). The first kappa shape index (κ1) is 22.3. The molecule has 0 aromatic heterocycles. The lowest BCUT2D eigenvalue weighted by molar-refractivity contribution is 0.175. The second kappa shape index (κ2) is 11.2. The van der Waals surface area contributed by atoms with Gasteiger partial charge in [-0.1, -0.05) is 15.9 Å². The zero-order valence-corrected chi connectivity index (χ0v) is 18.8. The van der Waals surface area contributed by atoms with E-state index in [0.29, 0.717) is 5.92 Å². The summed E-state index contributed by atoms with van der Waals surface area (Å²) in [6.07, 6.45) is 10.0. The highest BCUT2D eigenvalue weighted by Gasteiger charge is 2.23. The predicted octanol–water partition coefficient (Wildman–Crippen LogP) is 4.57. The molecule has 1 atom stereocenters. The van der Waals surface area contributed by atoms with E-state index in [1.807, 2.05) is 6.07 Å². The van der Waals surface area contributed by atoms with Crippen molar-refractivity contribution >= 4 is 27.2 Å². The SMILES string of the molecule is O=S([O-])NC1CCC(CCCN2CCC(Cc3cc(F)ccc3Br)CC2)CC1. The highest BCUT2D eigenvalue weighted by Crippen LogP contribution is 2.29. The molecule has 0 spiro atoms. The normalized spacial score (nSPS) is 25.7. The van der Waals surface area contributed by atoms with Crippen molar-refractivity contribution in [1.82, 2.24) is 9.62 Å². The van der Waals surface area contributed by atoms with Crippen molar-refractivity contribution in [3.8, 4) is 0 Å². The molecule has 1 unspecified atom stereocenters. The summed E-state index contributed by atoms with van der Waals surface area (Å²) in [5, 5.41) is 0. The fraction of sp³-hybridized carbons (Fsp3) is 0.714. The molecule has 1 heterocycles. The molecule has 1 aromatic carbocycles. The fourth-order valence-electron chi connectivity index (χ4n) is 4.73. The Morgan fingerprint density at radius 2 is 1.86 bits per heavy atom. The molecule has 1 aliphatic heterocycles. The lowest BCUT2D eigenvalue weighted by Gasteiger charge is -2.33. The van der Waals surface area contributed by atoms with Crippen molar-refractivity contribution in [1.29, 1.82) is 0 Å². The Labute approximate surface area is 179 Å². The minimum Gasteiger partial charge on any atom is -0.760 e.